The van der Waals surface area contributed by atoms with E-state index in [9.17, 15) is 0 Å². The van der Waals surface area contributed by atoms with Crippen molar-refractivity contribution in [3.8, 4) is 23.7 Å². The fraction of sp³-hybridized carbons (Fsp3) is 0. The van der Waals surface area contributed by atoms with E-state index in [2.05, 4.69) is 23.7 Å². The van der Waals surface area contributed by atoms with Crippen LogP contribution in [0.3, 0.4) is 0 Å². The van der Waals surface area contributed by atoms with E-state index < -0.39 is 0 Å². The Morgan fingerprint density at radius 2 is 0.583 bits per heavy atom. The second-order valence-corrected chi connectivity index (χ2v) is 6.07. The molecule has 0 fully saturated rings. The van der Waals surface area contributed by atoms with Gasteiger partial charge in [-0.2, -0.15) is 9.79 Å². The van der Waals surface area contributed by atoms with Crippen LogP contribution in [-0.2, 0) is 25.3 Å². The third-order valence-electron chi connectivity index (χ3n) is 3.30. The van der Waals surface area contributed by atoms with Crippen LogP contribution >= 0.6 is 0 Å². The number of hydrogen-bond acceptors (Lipinski definition) is 2. The molecule has 0 heterocycles. The molecule has 3 aromatic carbocycles. The van der Waals surface area contributed by atoms with Gasteiger partial charge < -0.3 is 25.3 Å². The quantitative estimate of drug-likeness (QED) is 0.442. The zero-order chi connectivity index (χ0) is 16.8. The first kappa shape index (κ1) is 16.1. The molecule has 0 N–H and O–H groups in total. The first-order valence-corrected chi connectivity index (χ1v) is 8.19. The summed E-state index contributed by atoms with van der Waals surface area (Å²) in [6, 6.07) is 23.2. The Kier molecular flexibility index (Phi) is 5.14. The van der Waals surface area contributed by atoms with Gasteiger partial charge in [-0.05, 0) is 48.5 Å². The predicted molar refractivity (Wildman–Crippen MR) is 103 cm³/mol. The number of hydrogen-bond donors (Lipinski definition) is 0. The number of benzene rings is 3. The highest BCUT2D eigenvalue weighted by atomic mass is 32.1. The third kappa shape index (κ3) is 4.61. The van der Waals surface area contributed by atoms with Gasteiger partial charge in [0.25, 0.3) is 0 Å². The molecule has 0 amide bonds. The Morgan fingerprint density at radius 1 is 0.375 bits per heavy atom. The van der Waals surface area contributed by atoms with Crippen LogP contribution in [0, 0.1) is 23.7 Å². The Morgan fingerprint density at radius 3 is 0.833 bits per heavy atom. The molecule has 3 aromatic rings. The van der Waals surface area contributed by atoms with Crippen LogP contribution in [0.1, 0.15) is 22.3 Å². The van der Waals surface area contributed by atoms with Crippen molar-refractivity contribution in [1.29, 1.82) is 0 Å². The fourth-order valence-corrected chi connectivity index (χ4v) is 2.27. The molecule has 0 aliphatic heterocycles. The minimum Gasteiger partial charge on any atom is -0.780 e. The molecule has 0 aromatic heterocycles. The normalized spacial score (nSPS) is 9.33. The second-order valence-electron chi connectivity index (χ2n) is 5.13. The van der Waals surface area contributed by atoms with E-state index in [1.807, 2.05) is 72.8 Å². The zero-order valence-corrected chi connectivity index (χ0v) is 14.4. The first-order valence-electron chi connectivity index (χ1n) is 7.37. The lowest BCUT2D eigenvalue weighted by molar-refractivity contribution is 1.45. The standard InChI is InChI=1S/C22H14S2/c23-21-13-9-19(10-14-21)7-5-17-1-2-18(4-3-17)6-8-20-11-15-22(24)16-12-20/h1-4,9-16,23-24H/p-2. The highest BCUT2D eigenvalue weighted by Crippen LogP contribution is 2.06. The lowest BCUT2D eigenvalue weighted by Gasteiger charge is -2.02. The van der Waals surface area contributed by atoms with Crippen LogP contribution in [0.5, 0.6) is 0 Å². The average Bonchev–Trinajstić information content (AvgIpc) is 2.62. The SMILES string of the molecule is [S-]c1ccc(C#Cc2ccc(C#Cc3ccc([S-])cc3)cc2)cc1. The van der Waals surface area contributed by atoms with Gasteiger partial charge in [-0.1, -0.05) is 47.9 Å². The molecule has 2 heteroatoms. The highest BCUT2D eigenvalue weighted by Gasteiger charge is 1.90. The topological polar surface area (TPSA) is 0 Å². The summed E-state index contributed by atoms with van der Waals surface area (Å²) >= 11 is 10.1. The van der Waals surface area contributed by atoms with Gasteiger partial charge in [0.2, 0.25) is 0 Å². The summed E-state index contributed by atoms with van der Waals surface area (Å²) in [5.41, 5.74) is 3.83. The molecule has 0 bridgehead atoms. The Hall–Kier alpha value is -2.78. The molecule has 0 nitrogen and oxygen atoms in total. The Labute approximate surface area is 153 Å². The van der Waals surface area contributed by atoms with Gasteiger partial charge in [0, 0.05) is 22.3 Å². The van der Waals surface area contributed by atoms with Crippen molar-refractivity contribution in [2.24, 2.45) is 0 Å². The Bertz CT molecular complexity index is 861. The number of rotatable bonds is 0. The zero-order valence-electron chi connectivity index (χ0n) is 12.7. The second kappa shape index (κ2) is 7.66. The van der Waals surface area contributed by atoms with Gasteiger partial charge in [-0.3, -0.25) is 0 Å². The summed E-state index contributed by atoms with van der Waals surface area (Å²) in [6.45, 7) is 0. The molecule has 0 aliphatic rings. The lowest BCUT2D eigenvalue weighted by atomic mass is 10.1. The van der Waals surface area contributed by atoms with E-state index in [4.69, 9.17) is 25.3 Å². The molecule has 3 rings (SSSR count). The molecule has 0 spiro atoms. The van der Waals surface area contributed by atoms with Crippen LogP contribution in [0.4, 0.5) is 0 Å². The summed E-state index contributed by atoms with van der Waals surface area (Å²) in [6.07, 6.45) is 0. The molecule has 114 valence electrons. The van der Waals surface area contributed by atoms with Crippen LogP contribution in [0.2, 0.25) is 0 Å². The van der Waals surface area contributed by atoms with Gasteiger partial charge >= 0.3 is 0 Å². The maximum Gasteiger partial charge on any atom is 0.0249 e. The van der Waals surface area contributed by atoms with E-state index in [0.717, 1.165) is 32.0 Å². The highest BCUT2D eigenvalue weighted by molar-refractivity contribution is 7.59. The lowest BCUT2D eigenvalue weighted by Crippen LogP contribution is -1.79. The molecule has 0 saturated heterocycles. The van der Waals surface area contributed by atoms with E-state index in [1.165, 1.54) is 0 Å². The minimum atomic E-state index is 0.825. The van der Waals surface area contributed by atoms with Crippen molar-refractivity contribution in [2.75, 3.05) is 0 Å². The summed E-state index contributed by atoms with van der Waals surface area (Å²) in [5.74, 6) is 12.5. The van der Waals surface area contributed by atoms with E-state index in [0.29, 0.717) is 0 Å². The van der Waals surface area contributed by atoms with Crippen LogP contribution in [0.15, 0.2) is 82.6 Å². The molecule has 24 heavy (non-hydrogen) atoms. The molecule has 0 saturated carbocycles. The van der Waals surface area contributed by atoms with Crippen LogP contribution in [-0.4, -0.2) is 0 Å². The minimum absolute atomic E-state index is 0.825. The largest absolute Gasteiger partial charge is 0.780 e. The average molecular weight is 340 g/mol. The Balaban J connectivity index is 1.72. The van der Waals surface area contributed by atoms with Crippen molar-refractivity contribution >= 4 is 25.3 Å². The molecule has 0 unspecified atom stereocenters. The monoisotopic (exact) mass is 340 g/mol. The van der Waals surface area contributed by atoms with Crippen molar-refractivity contribution in [3.63, 3.8) is 0 Å². The maximum atomic E-state index is 5.06. The predicted octanol–water partition coefficient (Wildman–Crippen LogP) is 4.30. The van der Waals surface area contributed by atoms with Crippen molar-refractivity contribution in [3.05, 3.63) is 95.1 Å². The van der Waals surface area contributed by atoms with Crippen LogP contribution in [0.25, 0.3) is 0 Å². The van der Waals surface area contributed by atoms with Crippen molar-refractivity contribution < 1.29 is 0 Å². The molecular weight excluding hydrogens is 328 g/mol. The molecule has 0 atom stereocenters. The summed E-state index contributed by atoms with van der Waals surface area (Å²) in [5, 5.41) is 0. The molecule has 0 radical (unpaired) electrons. The summed E-state index contributed by atoms with van der Waals surface area (Å²) in [7, 11) is 0. The van der Waals surface area contributed by atoms with Crippen LogP contribution < -0.4 is 0 Å². The molecular formula is C22H12S2-2. The fourth-order valence-electron chi connectivity index (χ4n) is 2.00. The molecule has 0 aliphatic carbocycles. The van der Waals surface area contributed by atoms with Crippen molar-refractivity contribution in [1.82, 2.24) is 0 Å². The van der Waals surface area contributed by atoms with Crippen molar-refractivity contribution in [2.45, 2.75) is 9.79 Å². The van der Waals surface area contributed by atoms with E-state index >= 15 is 0 Å². The van der Waals surface area contributed by atoms with E-state index in [1.54, 1.807) is 0 Å². The third-order valence-corrected chi connectivity index (χ3v) is 3.84. The summed E-state index contributed by atoms with van der Waals surface area (Å²) in [4.78, 5) is 1.65. The van der Waals surface area contributed by atoms with E-state index in [-0.39, 0.29) is 0 Å². The summed E-state index contributed by atoms with van der Waals surface area (Å²) < 4.78 is 0. The van der Waals surface area contributed by atoms with Gasteiger partial charge in [-0.25, -0.2) is 0 Å². The first-order chi connectivity index (χ1) is 11.7. The maximum absolute atomic E-state index is 5.06. The van der Waals surface area contributed by atoms with Gasteiger partial charge in [0.15, 0.2) is 0 Å². The van der Waals surface area contributed by atoms with Gasteiger partial charge in [-0.15, -0.1) is 0 Å². The smallest absolute Gasteiger partial charge is 0.0249 e. The van der Waals surface area contributed by atoms with Gasteiger partial charge in [0.05, 0.1) is 0 Å². The van der Waals surface area contributed by atoms with Gasteiger partial charge in [0.1, 0.15) is 0 Å².